The largest absolute Gasteiger partial charge is 0.354 e. The number of allylic oxidation sites excluding steroid dienone is 2. The Labute approximate surface area is 132 Å². The number of rotatable bonds is 2. The Morgan fingerprint density at radius 1 is 1.26 bits per heavy atom. The van der Waals surface area contributed by atoms with Crippen molar-refractivity contribution >= 4 is 16.9 Å². The van der Waals surface area contributed by atoms with Crippen molar-refractivity contribution in [3.63, 3.8) is 0 Å². The second kappa shape index (κ2) is 4.95. The minimum Gasteiger partial charge on any atom is -0.354 e. The van der Waals surface area contributed by atoms with E-state index in [0.717, 1.165) is 22.6 Å². The maximum absolute atomic E-state index is 7.70. The summed E-state index contributed by atoms with van der Waals surface area (Å²) in [6.07, 6.45) is 1.75. The molecule has 1 aliphatic rings. The van der Waals surface area contributed by atoms with Crippen LogP contribution in [0.3, 0.4) is 0 Å². The minimum absolute atomic E-state index is 0.188. The fraction of sp³-hybridized carbons (Fsp3) is 0.250. The fourth-order valence-corrected chi connectivity index (χ4v) is 3.06. The van der Waals surface area contributed by atoms with Gasteiger partial charge in [0.1, 0.15) is 16.9 Å². The number of nitrogens with one attached hydrogen (secondary N) is 2. The van der Waals surface area contributed by atoms with Gasteiger partial charge in [-0.3, -0.25) is 5.10 Å². The van der Waals surface area contributed by atoms with Gasteiger partial charge in [-0.15, -0.1) is 0 Å². The Morgan fingerprint density at radius 3 is 2.91 bits per heavy atom. The molecular weight excluding hydrogens is 292 g/mol. The van der Waals surface area contributed by atoms with E-state index in [1.54, 1.807) is 6.20 Å². The SMILES string of the molecule is [C-]#[N+]C1=C(C(C)C)Nc2[nH]ncc2C1c1cccc2nonc12. The van der Waals surface area contributed by atoms with Crippen LogP contribution in [0.25, 0.3) is 15.9 Å². The summed E-state index contributed by atoms with van der Waals surface area (Å²) in [4.78, 5) is 3.82. The molecule has 0 spiro atoms. The van der Waals surface area contributed by atoms with Crippen LogP contribution in [-0.4, -0.2) is 20.5 Å². The minimum atomic E-state index is -0.240. The van der Waals surface area contributed by atoms with Crippen molar-refractivity contribution in [3.8, 4) is 0 Å². The van der Waals surface area contributed by atoms with Crippen LogP contribution >= 0.6 is 0 Å². The first-order valence-corrected chi connectivity index (χ1v) is 7.33. The summed E-state index contributed by atoms with van der Waals surface area (Å²) < 4.78 is 4.88. The predicted molar refractivity (Wildman–Crippen MR) is 84.3 cm³/mol. The molecule has 1 unspecified atom stereocenters. The Bertz CT molecular complexity index is 958. The molecule has 7 nitrogen and oxygen atoms in total. The molecule has 7 heteroatoms. The molecule has 2 N–H and O–H groups in total. The molecule has 0 saturated heterocycles. The third-order valence-corrected chi connectivity index (χ3v) is 4.11. The molecule has 3 aromatic rings. The van der Waals surface area contributed by atoms with Crippen molar-refractivity contribution in [2.75, 3.05) is 5.32 Å². The lowest BCUT2D eigenvalue weighted by atomic mass is 9.84. The van der Waals surface area contributed by atoms with Gasteiger partial charge in [-0.05, 0) is 27.9 Å². The molecule has 1 atom stereocenters. The number of nitrogens with zero attached hydrogens (tertiary/aromatic N) is 4. The van der Waals surface area contributed by atoms with E-state index in [9.17, 15) is 0 Å². The lowest BCUT2D eigenvalue weighted by molar-refractivity contribution is 0.315. The molecule has 0 amide bonds. The van der Waals surface area contributed by atoms with Crippen LogP contribution in [0.5, 0.6) is 0 Å². The molecule has 2 aromatic heterocycles. The Balaban J connectivity index is 2.02. The molecule has 114 valence electrons. The van der Waals surface area contributed by atoms with Crippen molar-refractivity contribution in [2.45, 2.75) is 19.8 Å². The zero-order valence-electron chi connectivity index (χ0n) is 12.7. The van der Waals surface area contributed by atoms with E-state index in [2.05, 4.69) is 44.5 Å². The van der Waals surface area contributed by atoms with Crippen LogP contribution in [0.2, 0.25) is 0 Å². The van der Waals surface area contributed by atoms with E-state index in [-0.39, 0.29) is 11.8 Å². The van der Waals surface area contributed by atoms with Gasteiger partial charge in [0, 0.05) is 11.3 Å². The molecular formula is C16H14N6O. The monoisotopic (exact) mass is 306 g/mol. The summed E-state index contributed by atoms with van der Waals surface area (Å²) in [5.74, 6) is 0.766. The average molecular weight is 306 g/mol. The van der Waals surface area contributed by atoms with Crippen LogP contribution in [0, 0.1) is 12.5 Å². The van der Waals surface area contributed by atoms with E-state index in [1.807, 2.05) is 18.2 Å². The van der Waals surface area contributed by atoms with E-state index in [0.29, 0.717) is 16.7 Å². The molecule has 0 fully saturated rings. The summed E-state index contributed by atoms with van der Waals surface area (Å²) in [6.45, 7) is 11.8. The molecule has 23 heavy (non-hydrogen) atoms. The standard InChI is InChI=1S/C16H14N6O/c1-8(2)13-15(17-3)12(10-7-18-20-16(10)19-13)9-5-4-6-11-14(9)22-23-21-11/h4-8,12H,1-2H3,(H2,18,19,20). The van der Waals surface area contributed by atoms with Crippen molar-refractivity contribution < 1.29 is 4.63 Å². The number of hydrogen-bond donors (Lipinski definition) is 2. The lowest BCUT2D eigenvalue weighted by Gasteiger charge is -2.28. The molecule has 0 aliphatic carbocycles. The normalized spacial score (nSPS) is 17.2. The fourth-order valence-electron chi connectivity index (χ4n) is 3.06. The van der Waals surface area contributed by atoms with Gasteiger partial charge in [0.05, 0.1) is 18.7 Å². The van der Waals surface area contributed by atoms with Crippen LogP contribution in [0.15, 0.2) is 40.4 Å². The molecule has 3 heterocycles. The molecule has 0 bridgehead atoms. The van der Waals surface area contributed by atoms with Gasteiger partial charge in [-0.2, -0.15) is 5.10 Å². The Hall–Kier alpha value is -3.14. The van der Waals surface area contributed by atoms with Gasteiger partial charge in [-0.25, -0.2) is 9.47 Å². The maximum Gasteiger partial charge on any atom is 0.196 e. The quantitative estimate of drug-likeness (QED) is 0.710. The highest BCUT2D eigenvalue weighted by atomic mass is 16.6. The summed E-state index contributed by atoms with van der Waals surface area (Å²) in [5.41, 5.74) is 4.74. The number of fused-ring (bicyclic) bond motifs is 2. The zero-order valence-corrected chi connectivity index (χ0v) is 12.7. The Morgan fingerprint density at radius 2 is 2.13 bits per heavy atom. The lowest BCUT2D eigenvalue weighted by Crippen LogP contribution is -2.20. The predicted octanol–water partition coefficient (Wildman–Crippen LogP) is 3.29. The number of aromatic nitrogens is 4. The van der Waals surface area contributed by atoms with E-state index in [1.165, 1.54) is 0 Å². The van der Waals surface area contributed by atoms with E-state index >= 15 is 0 Å². The molecule has 0 radical (unpaired) electrons. The smallest absolute Gasteiger partial charge is 0.196 e. The second-order valence-corrected chi connectivity index (χ2v) is 5.80. The van der Waals surface area contributed by atoms with E-state index < -0.39 is 0 Å². The number of aromatic amines is 1. The van der Waals surface area contributed by atoms with Crippen LogP contribution in [-0.2, 0) is 0 Å². The van der Waals surface area contributed by atoms with Gasteiger partial charge < -0.3 is 5.32 Å². The van der Waals surface area contributed by atoms with Crippen LogP contribution in [0.4, 0.5) is 5.82 Å². The van der Waals surface area contributed by atoms with Gasteiger partial charge in [0.25, 0.3) is 0 Å². The average Bonchev–Trinajstić information content (AvgIpc) is 3.20. The molecule has 1 aliphatic heterocycles. The third-order valence-electron chi connectivity index (χ3n) is 4.11. The highest BCUT2D eigenvalue weighted by molar-refractivity contribution is 5.80. The first-order chi connectivity index (χ1) is 11.2. The number of H-pyrrole nitrogens is 1. The number of hydrogen-bond acceptors (Lipinski definition) is 5. The summed E-state index contributed by atoms with van der Waals surface area (Å²) in [6, 6.07) is 5.71. The van der Waals surface area contributed by atoms with Crippen molar-refractivity contribution in [1.82, 2.24) is 20.5 Å². The molecule has 1 aromatic carbocycles. The first kappa shape index (κ1) is 13.5. The topological polar surface area (TPSA) is 84.0 Å². The van der Waals surface area contributed by atoms with Crippen molar-refractivity contribution in [1.29, 1.82) is 0 Å². The summed E-state index contributed by atoms with van der Waals surface area (Å²) in [7, 11) is 0. The van der Waals surface area contributed by atoms with Crippen molar-refractivity contribution in [3.05, 3.63) is 58.3 Å². The van der Waals surface area contributed by atoms with Crippen molar-refractivity contribution in [2.24, 2.45) is 5.92 Å². The molecule has 4 rings (SSSR count). The maximum atomic E-state index is 7.70. The van der Waals surface area contributed by atoms with Gasteiger partial charge in [-0.1, -0.05) is 26.0 Å². The Kier molecular flexibility index (Phi) is 2.91. The van der Waals surface area contributed by atoms with Gasteiger partial charge in [0.2, 0.25) is 0 Å². The van der Waals surface area contributed by atoms with Gasteiger partial charge in [0.15, 0.2) is 5.70 Å². The first-order valence-electron chi connectivity index (χ1n) is 7.33. The third kappa shape index (κ3) is 1.92. The van der Waals surface area contributed by atoms with Crippen LogP contribution in [0.1, 0.15) is 30.9 Å². The summed E-state index contributed by atoms with van der Waals surface area (Å²) in [5, 5.41) is 18.3. The summed E-state index contributed by atoms with van der Waals surface area (Å²) >= 11 is 0. The van der Waals surface area contributed by atoms with Crippen LogP contribution < -0.4 is 5.32 Å². The number of benzene rings is 1. The highest BCUT2D eigenvalue weighted by Gasteiger charge is 2.34. The second-order valence-electron chi connectivity index (χ2n) is 5.80. The highest BCUT2D eigenvalue weighted by Crippen LogP contribution is 2.44. The molecule has 0 saturated carbocycles. The van der Waals surface area contributed by atoms with Gasteiger partial charge >= 0.3 is 0 Å². The zero-order chi connectivity index (χ0) is 16.0. The number of anilines is 1. The van der Waals surface area contributed by atoms with E-state index in [4.69, 9.17) is 11.2 Å².